The lowest BCUT2D eigenvalue weighted by atomic mass is 9.97. The number of benzene rings is 1. The molecule has 1 aromatic rings. The van der Waals surface area contributed by atoms with E-state index in [-0.39, 0.29) is 24.9 Å². The average Bonchev–Trinajstić information content (AvgIpc) is 2.55. The molecule has 0 saturated heterocycles. The smallest absolute Gasteiger partial charge is 0.381 e. The van der Waals surface area contributed by atoms with Crippen molar-refractivity contribution in [1.82, 2.24) is 0 Å². The monoisotopic (exact) mass is 440 g/mol. The predicted molar refractivity (Wildman–Crippen MR) is 89.9 cm³/mol. The highest BCUT2D eigenvalue weighted by molar-refractivity contribution is 9.10. The second kappa shape index (κ2) is 9.16. The van der Waals surface area contributed by atoms with Crippen LogP contribution < -0.4 is 0 Å². The molecule has 1 aromatic carbocycles. The first-order valence-electron chi connectivity index (χ1n) is 7.61. The number of ether oxygens (including phenoxy) is 2. The van der Waals surface area contributed by atoms with Crippen LogP contribution in [0.5, 0.6) is 0 Å². The summed E-state index contributed by atoms with van der Waals surface area (Å²) < 4.78 is 65.3. The van der Waals surface area contributed by atoms with Gasteiger partial charge in [-0.3, -0.25) is 0 Å². The van der Waals surface area contributed by atoms with E-state index in [4.69, 9.17) is 0 Å². The molecule has 0 fully saturated rings. The van der Waals surface area contributed by atoms with Gasteiger partial charge in [0.25, 0.3) is 0 Å². The summed E-state index contributed by atoms with van der Waals surface area (Å²) in [6.45, 7) is 2.09. The fourth-order valence-corrected chi connectivity index (χ4v) is 2.22. The minimum Gasteiger partial charge on any atom is -0.462 e. The molecule has 9 heteroatoms. The molecule has 4 nitrogen and oxygen atoms in total. The van der Waals surface area contributed by atoms with Crippen molar-refractivity contribution in [2.75, 3.05) is 13.2 Å². The molecule has 0 aromatic heterocycles. The zero-order valence-corrected chi connectivity index (χ0v) is 15.6. The van der Waals surface area contributed by atoms with Crippen LogP contribution in [0.1, 0.15) is 25.8 Å². The molecule has 0 radical (unpaired) electrons. The lowest BCUT2D eigenvalue weighted by molar-refractivity contribution is -0.170. The first kappa shape index (κ1) is 22.1. The number of carbonyl (C=O) groups excluding carboxylic acids is 2. The molecular formula is C17H17BrF4O4. The number of halogens is 5. The molecule has 0 unspecified atom stereocenters. The summed E-state index contributed by atoms with van der Waals surface area (Å²) in [6.07, 6.45) is -1.27. The molecule has 0 atom stereocenters. The standard InChI is InChI=1S/C17H17BrF4O4/c1-3-25-14(23)16(19,20)9-12(11-5-7-13(18)8-6-11)10-17(21,22)15(24)26-4-2/h5-9H,3-4,10H2,1-2H3/b12-9-. The molecule has 0 amide bonds. The Balaban J connectivity index is 3.30. The van der Waals surface area contributed by atoms with Crippen molar-refractivity contribution < 1.29 is 36.6 Å². The van der Waals surface area contributed by atoms with Crippen LogP contribution >= 0.6 is 15.9 Å². The van der Waals surface area contributed by atoms with E-state index in [0.717, 1.165) is 0 Å². The summed E-state index contributed by atoms with van der Waals surface area (Å²) in [5.41, 5.74) is -0.588. The third kappa shape index (κ3) is 6.12. The lowest BCUT2D eigenvalue weighted by Crippen LogP contribution is -2.32. The Morgan fingerprint density at radius 1 is 1.00 bits per heavy atom. The van der Waals surface area contributed by atoms with Gasteiger partial charge in [0.05, 0.1) is 13.2 Å². The summed E-state index contributed by atoms with van der Waals surface area (Å²) in [5, 5.41) is 0. The van der Waals surface area contributed by atoms with Crippen LogP contribution in [-0.4, -0.2) is 37.0 Å². The van der Waals surface area contributed by atoms with Gasteiger partial charge in [0.15, 0.2) is 0 Å². The normalized spacial score (nSPS) is 12.7. The van der Waals surface area contributed by atoms with Crippen LogP contribution in [0.4, 0.5) is 17.6 Å². The number of hydrogen-bond acceptors (Lipinski definition) is 4. The van der Waals surface area contributed by atoms with Gasteiger partial charge >= 0.3 is 23.8 Å². The van der Waals surface area contributed by atoms with E-state index in [9.17, 15) is 27.2 Å². The van der Waals surface area contributed by atoms with Gasteiger partial charge in [-0.05, 0) is 37.1 Å². The van der Waals surface area contributed by atoms with E-state index < -0.39 is 35.8 Å². The minimum atomic E-state index is -4.14. The fourth-order valence-electron chi connectivity index (χ4n) is 1.95. The zero-order valence-electron chi connectivity index (χ0n) is 14.0. The minimum absolute atomic E-state index is 0.00106. The number of allylic oxidation sites excluding steroid dienone is 1. The summed E-state index contributed by atoms with van der Waals surface area (Å²) >= 11 is 3.14. The number of carbonyl (C=O) groups is 2. The molecule has 0 heterocycles. The first-order chi connectivity index (χ1) is 12.0. The number of alkyl halides is 4. The summed E-state index contributed by atoms with van der Waals surface area (Å²) in [6, 6.07) is 5.51. The quantitative estimate of drug-likeness (QED) is 0.437. The third-order valence-corrected chi connectivity index (χ3v) is 3.63. The Morgan fingerprint density at radius 2 is 1.50 bits per heavy atom. The van der Waals surface area contributed by atoms with Crippen molar-refractivity contribution in [3.8, 4) is 0 Å². The van der Waals surface area contributed by atoms with Gasteiger partial charge in [-0.25, -0.2) is 9.59 Å². The second-order valence-corrected chi connectivity index (χ2v) is 6.04. The van der Waals surface area contributed by atoms with E-state index in [1.807, 2.05) is 0 Å². The molecule has 144 valence electrons. The molecule has 0 N–H and O–H groups in total. The van der Waals surface area contributed by atoms with Gasteiger partial charge in [-0.15, -0.1) is 0 Å². The highest BCUT2D eigenvalue weighted by Gasteiger charge is 2.44. The predicted octanol–water partition coefficient (Wildman–Crippen LogP) is 4.62. The molecular weight excluding hydrogens is 424 g/mol. The Hall–Kier alpha value is -1.90. The first-order valence-corrected chi connectivity index (χ1v) is 8.40. The van der Waals surface area contributed by atoms with E-state index in [1.165, 1.54) is 38.1 Å². The lowest BCUT2D eigenvalue weighted by Gasteiger charge is -2.19. The van der Waals surface area contributed by atoms with Crippen molar-refractivity contribution in [3.05, 3.63) is 40.4 Å². The topological polar surface area (TPSA) is 52.6 Å². The highest BCUT2D eigenvalue weighted by Crippen LogP contribution is 2.34. The van der Waals surface area contributed by atoms with Crippen LogP contribution in [0.15, 0.2) is 34.8 Å². The van der Waals surface area contributed by atoms with E-state index in [1.54, 1.807) is 0 Å². The van der Waals surface area contributed by atoms with Gasteiger partial charge in [-0.1, -0.05) is 28.1 Å². The second-order valence-electron chi connectivity index (χ2n) is 5.12. The molecule has 26 heavy (non-hydrogen) atoms. The number of rotatable bonds is 8. The van der Waals surface area contributed by atoms with Gasteiger partial charge in [-0.2, -0.15) is 17.6 Å². The molecule has 1 rings (SSSR count). The Bertz CT molecular complexity index is 672. The van der Waals surface area contributed by atoms with Crippen molar-refractivity contribution >= 4 is 33.4 Å². The molecule has 0 aliphatic heterocycles. The van der Waals surface area contributed by atoms with E-state index >= 15 is 0 Å². The summed E-state index contributed by atoms with van der Waals surface area (Å²) in [4.78, 5) is 22.8. The van der Waals surface area contributed by atoms with Crippen LogP contribution in [-0.2, 0) is 19.1 Å². The van der Waals surface area contributed by atoms with Crippen molar-refractivity contribution in [3.63, 3.8) is 0 Å². The Morgan fingerprint density at radius 3 is 2.00 bits per heavy atom. The molecule has 0 aliphatic carbocycles. The molecule has 0 bridgehead atoms. The van der Waals surface area contributed by atoms with Crippen molar-refractivity contribution in [2.24, 2.45) is 0 Å². The average molecular weight is 441 g/mol. The van der Waals surface area contributed by atoms with Crippen molar-refractivity contribution in [1.29, 1.82) is 0 Å². The zero-order chi connectivity index (χ0) is 20.0. The molecule has 0 aliphatic rings. The molecule has 0 saturated carbocycles. The van der Waals surface area contributed by atoms with Crippen LogP contribution in [0.2, 0.25) is 0 Å². The van der Waals surface area contributed by atoms with Crippen LogP contribution in [0, 0.1) is 0 Å². The molecule has 0 spiro atoms. The van der Waals surface area contributed by atoms with Gasteiger partial charge < -0.3 is 9.47 Å². The maximum atomic E-state index is 14.1. The van der Waals surface area contributed by atoms with Gasteiger partial charge in [0, 0.05) is 17.0 Å². The van der Waals surface area contributed by atoms with E-state index in [2.05, 4.69) is 25.4 Å². The Labute approximate surface area is 156 Å². The maximum Gasteiger partial charge on any atom is 0.381 e. The summed E-state index contributed by atoms with van der Waals surface area (Å²) in [7, 11) is 0. The number of esters is 2. The van der Waals surface area contributed by atoms with Crippen molar-refractivity contribution in [2.45, 2.75) is 32.1 Å². The van der Waals surface area contributed by atoms with Crippen LogP contribution in [0.25, 0.3) is 5.57 Å². The maximum absolute atomic E-state index is 14.1. The largest absolute Gasteiger partial charge is 0.462 e. The van der Waals surface area contributed by atoms with Gasteiger partial charge in [0.2, 0.25) is 0 Å². The van der Waals surface area contributed by atoms with E-state index in [0.29, 0.717) is 4.47 Å². The SMILES string of the molecule is CCOC(=O)C(F)(F)/C=C(/CC(F)(F)C(=O)OCC)c1ccc(Br)cc1. The Kier molecular flexibility index (Phi) is 7.80. The highest BCUT2D eigenvalue weighted by atomic mass is 79.9. The fraction of sp³-hybridized carbons (Fsp3) is 0.412. The van der Waals surface area contributed by atoms with Crippen LogP contribution in [0.3, 0.4) is 0 Å². The van der Waals surface area contributed by atoms with Gasteiger partial charge in [0.1, 0.15) is 0 Å². The summed E-state index contributed by atoms with van der Waals surface area (Å²) in [5.74, 6) is -11.9. The number of hydrogen-bond donors (Lipinski definition) is 0. The third-order valence-electron chi connectivity index (χ3n) is 3.10.